The number of carboxylic acids is 1. The third-order valence-electron chi connectivity index (χ3n) is 3.90. The highest BCUT2D eigenvalue weighted by Crippen LogP contribution is 2.09. The van der Waals surface area contributed by atoms with Crippen LogP contribution in [0.5, 0.6) is 0 Å². The highest BCUT2D eigenvalue weighted by molar-refractivity contribution is 5.86. The van der Waals surface area contributed by atoms with Crippen LogP contribution in [0.4, 0.5) is 0 Å². The molecule has 0 rings (SSSR count). The molecule has 0 unspecified atom stereocenters. The van der Waals surface area contributed by atoms with E-state index >= 15 is 0 Å². The predicted molar refractivity (Wildman–Crippen MR) is 99.8 cm³/mol. The molecule has 0 heterocycles. The van der Waals surface area contributed by atoms with Crippen molar-refractivity contribution >= 4 is 17.9 Å². The average molecular weight is 370 g/mol. The SMILES string of the molecule is C=C(C)C(=O)OCCCCCCCCCCOC(=O)CCCCC(=O)O. The second kappa shape index (κ2) is 16.6. The molecule has 0 atom stereocenters. The molecule has 150 valence electrons. The van der Waals surface area contributed by atoms with Gasteiger partial charge in [0.05, 0.1) is 13.2 Å². The largest absolute Gasteiger partial charge is 0.481 e. The maximum Gasteiger partial charge on any atom is 0.333 e. The summed E-state index contributed by atoms with van der Waals surface area (Å²) >= 11 is 0. The molecular formula is C20H34O6. The molecule has 0 radical (unpaired) electrons. The minimum atomic E-state index is -0.829. The van der Waals surface area contributed by atoms with Crippen LogP contribution >= 0.6 is 0 Å². The van der Waals surface area contributed by atoms with Crippen molar-refractivity contribution < 1.29 is 29.0 Å². The molecule has 0 aromatic rings. The first kappa shape index (κ1) is 24.1. The van der Waals surface area contributed by atoms with Crippen molar-refractivity contribution in [3.8, 4) is 0 Å². The average Bonchev–Trinajstić information content (AvgIpc) is 2.59. The van der Waals surface area contributed by atoms with E-state index in [4.69, 9.17) is 14.6 Å². The maximum atomic E-state index is 11.4. The zero-order chi connectivity index (χ0) is 19.6. The standard InChI is InChI=1S/C20H34O6/c1-17(2)20(24)26-16-12-8-6-4-3-5-7-11-15-25-19(23)14-10-9-13-18(21)22/h1,3-16H2,2H3,(H,21,22). The van der Waals surface area contributed by atoms with E-state index in [2.05, 4.69) is 6.58 Å². The molecule has 6 nitrogen and oxygen atoms in total. The molecule has 0 bridgehead atoms. The molecule has 26 heavy (non-hydrogen) atoms. The summed E-state index contributed by atoms with van der Waals surface area (Å²) < 4.78 is 10.2. The van der Waals surface area contributed by atoms with Gasteiger partial charge in [0.2, 0.25) is 0 Å². The van der Waals surface area contributed by atoms with Gasteiger partial charge in [-0.2, -0.15) is 0 Å². The van der Waals surface area contributed by atoms with Gasteiger partial charge in [-0.3, -0.25) is 9.59 Å². The maximum absolute atomic E-state index is 11.4. The van der Waals surface area contributed by atoms with Crippen LogP contribution in [0.1, 0.15) is 84.0 Å². The molecule has 0 aromatic heterocycles. The molecule has 0 aromatic carbocycles. The van der Waals surface area contributed by atoms with Gasteiger partial charge in [0.15, 0.2) is 0 Å². The van der Waals surface area contributed by atoms with Gasteiger partial charge in [-0.05, 0) is 32.6 Å². The Morgan fingerprint density at radius 1 is 0.731 bits per heavy atom. The van der Waals surface area contributed by atoms with Gasteiger partial charge in [-0.25, -0.2) is 4.79 Å². The number of rotatable bonds is 17. The van der Waals surface area contributed by atoms with Gasteiger partial charge < -0.3 is 14.6 Å². The molecule has 0 fully saturated rings. The molecule has 6 heteroatoms. The molecular weight excluding hydrogens is 336 g/mol. The van der Waals surface area contributed by atoms with E-state index in [1.807, 2.05) is 0 Å². The van der Waals surface area contributed by atoms with Crippen molar-refractivity contribution in [1.82, 2.24) is 0 Å². The Morgan fingerprint density at radius 3 is 1.69 bits per heavy atom. The van der Waals surface area contributed by atoms with Crippen LogP contribution in [0.2, 0.25) is 0 Å². The molecule has 0 saturated heterocycles. The van der Waals surface area contributed by atoms with Crippen molar-refractivity contribution in [3.05, 3.63) is 12.2 Å². The van der Waals surface area contributed by atoms with E-state index in [1.165, 1.54) is 0 Å². The van der Waals surface area contributed by atoms with Crippen LogP contribution in [0.15, 0.2) is 12.2 Å². The number of carboxylic acid groups (broad SMARTS) is 1. The number of hydrogen-bond acceptors (Lipinski definition) is 5. The third-order valence-corrected chi connectivity index (χ3v) is 3.90. The summed E-state index contributed by atoms with van der Waals surface area (Å²) in [4.78, 5) is 32.9. The second-order valence-corrected chi connectivity index (χ2v) is 6.57. The van der Waals surface area contributed by atoms with E-state index in [1.54, 1.807) is 6.92 Å². The number of aliphatic carboxylic acids is 1. The molecule has 0 aliphatic carbocycles. The van der Waals surface area contributed by atoms with Crippen LogP contribution in [0, 0.1) is 0 Å². The Labute approximate surface area is 156 Å². The molecule has 0 aliphatic rings. The lowest BCUT2D eigenvalue weighted by Crippen LogP contribution is -2.06. The van der Waals surface area contributed by atoms with E-state index in [0.717, 1.165) is 51.4 Å². The minimum absolute atomic E-state index is 0.104. The Bertz CT molecular complexity index is 430. The Hall–Kier alpha value is -1.85. The summed E-state index contributed by atoms with van der Waals surface area (Å²) in [6, 6.07) is 0. The summed E-state index contributed by atoms with van der Waals surface area (Å²) in [6.45, 7) is 6.10. The Kier molecular flexibility index (Phi) is 15.4. The van der Waals surface area contributed by atoms with Crippen molar-refractivity contribution in [2.24, 2.45) is 0 Å². The zero-order valence-corrected chi connectivity index (χ0v) is 16.1. The van der Waals surface area contributed by atoms with Gasteiger partial charge in [0.1, 0.15) is 0 Å². The number of unbranched alkanes of at least 4 members (excludes halogenated alkanes) is 8. The molecule has 0 amide bonds. The smallest absolute Gasteiger partial charge is 0.333 e. The van der Waals surface area contributed by atoms with Crippen LogP contribution in [0.25, 0.3) is 0 Å². The van der Waals surface area contributed by atoms with E-state index in [-0.39, 0.29) is 18.4 Å². The molecule has 0 saturated carbocycles. The second-order valence-electron chi connectivity index (χ2n) is 6.57. The van der Waals surface area contributed by atoms with Crippen molar-refractivity contribution in [3.63, 3.8) is 0 Å². The van der Waals surface area contributed by atoms with Crippen LogP contribution in [0.3, 0.4) is 0 Å². The van der Waals surface area contributed by atoms with Crippen molar-refractivity contribution in [1.29, 1.82) is 0 Å². The molecule has 1 N–H and O–H groups in total. The quantitative estimate of drug-likeness (QED) is 0.232. The lowest BCUT2D eigenvalue weighted by atomic mass is 10.1. The number of carbonyl (C=O) groups is 3. The van der Waals surface area contributed by atoms with Crippen molar-refractivity contribution in [2.45, 2.75) is 84.0 Å². The normalized spacial score (nSPS) is 10.3. The van der Waals surface area contributed by atoms with Gasteiger partial charge in [0.25, 0.3) is 0 Å². The van der Waals surface area contributed by atoms with Crippen LogP contribution in [-0.4, -0.2) is 36.2 Å². The van der Waals surface area contributed by atoms with Gasteiger partial charge in [-0.1, -0.05) is 45.1 Å². The zero-order valence-electron chi connectivity index (χ0n) is 16.1. The summed E-state index contributed by atoms with van der Waals surface area (Å²) in [5.41, 5.74) is 0.439. The third kappa shape index (κ3) is 17.0. The fourth-order valence-electron chi connectivity index (χ4n) is 2.36. The number of ether oxygens (including phenoxy) is 2. The van der Waals surface area contributed by atoms with E-state index < -0.39 is 5.97 Å². The number of esters is 2. The Morgan fingerprint density at radius 2 is 1.19 bits per heavy atom. The summed E-state index contributed by atoms with van der Waals surface area (Å²) in [5, 5.41) is 8.50. The lowest BCUT2D eigenvalue weighted by molar-refractivity contribution is -0.144. The highest BCUT2D eigenvalue weighted by atomic mass is 16.5. The fourth-order valence-corrected chi connectivity index (χ4v) is 2.36. The lowest BCUT2D eigenvalue weighted by Gasteiger charge is -2.05. The van der Waals surface area contributed by atoms with E-state index in [9.17, 15) is 14.4 Å². The first-order valence-electron chi connectivity index (χ1n) is 9.63. The fraction of sp³-hybridized carbons (Fsp3) is 0.750. The summed E-state index contributed by atoms with van der Waals surface area (Å²) in [6.07, 6.45) is 9.94. The number of carbonyl (C=O) groups excluding carboxylic acids is 2. The van der Waals surface area contributed by atoms with Crippen molar-refractivity contribution in [2.75, 3.05) is 13.2 Å². The Balaban J connectivity index is 3.24. The topological polar surface area (TPSA) is 89.9 Å². The molecule has 0 spiro atoms. The number of hydrogen-bond donors (Lipinski definition) is 1. The van der Waals surface area contributed by atoms with Crippen LogP contribution < -0.4 is 0 Å². The first-order valence-corrected chi connectivity index (χ1v) is 9.63. The first-order chi connectivity index (χ1) is 12.4. The van der Waals surface area contributed by atoms with Gasteiger partial charge in [-0.15, -0.1) is 0 Å². The predicted octanol–water partition coefficient (Wildman–Crippen LogP) is 4.41. The monoisotopic (exact) mass is 370 g/mol. The van der Waals surface area contributed by atoms with E-state index in [0.29, 0.717) is 38.0 Å². The summed E-state index contributed by atoms with van der Waals surface area (Å²) in [5.74, 6) is -1.38. The summed E-state index contributed by atoms with van der Waals surface area (Å²) in [7, 11) is 0. The highest BCUT2D eigenvalue weighted by Gasteiger charge is 2.04. The van der Waals surface area contributed by atoms with Gasteiger partial charge >= 0.3 is 17.9 Å². The minimum Gasteiger partial charge on any atom is -0.481 e. The molecule has 0 aliphatic heterocycles. The van der Waals surface area contributed by atoms with Crippen LogP contribution in [-0.2, 0) is 23.9 Å². The van der Waals surface area contributed by atoms with Gasteiger partial charge in [0, 0.05) is 18.4 Å².